The van der Waals surface area contributed by atoms with E-state index in [1.165, 1.54) is 34.6 Å². The summed E-state index contributed by atoms with van der Waals surface area (Å²) in [7, 11) is -3.73. The van der Waals surface area contributed by atoms with Gasteiger partial charge in [0.15, 0.2) is 0 Å². The van der Waals surface area contributed by atoms with Crippen LogP contribution >= 0.6 is 0 Å². The quantitative estimate of drug-likeness (QED) is 0.883. The lowest BCUT2D eigenvalue weighted by molar-refractivity contribution is 0.591. The van der Waals surface area contributed by atoms with Crippen LogP contribution in [0.5, 0.6) is 0 Å². The highest BCUT2D eigenvalue weighted by molar-refractivity contribution is 7.92. The van der Waals surface area contributed by atoms with E-state index in [0.717, 1.165) is 5.56 Å². The van der Waals surface area contributed by atoms with E-state index in [4.69, 9.17) is 5.73 Å². The number of hydrogen-bond donors (Lipinski definition) is 1. The first-order chi connectivity index (χ1) is 9.84. The molecule has 2 aromatic carbocycles. The van der Waals surface area contributed by atoms with Crippen molar-refractivity contribution in [2.24, 2.45) is 0 Å². The molecule has 0 saturated carbocycles. The Bertz CT molecular complexity index is 723. The van der Waals surface area contributed by atoms with Crippen LogP contribution in [-0.2, 0) is 10.0 Å². The van der Waals surface area contributed by atoms with E-state index in [0.29, 0.717) is 11.4 Å². The second kappa shape index (κ2) is 5.73. The largest absolute Gasteiger partial charge is 0.399 e. The zero-order valence-corrected chi connectivity index (χ0v) is 12.7. The van der Waals surface area contributed by atoms with Gasteiger partial charge in [-0.05, 0) is 61.9 Å². The van der Waals surface area contributed by atoms with Gasteiger partial charge in [0.1, 0.15) is 5.82 Å². The number of anilines is 2. The molecule has 0 aliphatic carbocycles. The Morgan fingerprint density at radius 1 is 1.14 bits per heavy atom. The number of sulfonamides is 1. The van der Waals surface area contributed by atoms with E-state index >= 15 is 0 Å². The summed E-state index contributed by atoms with van der Waals surface area (Å²) in [4.78, 5) is 0.131. The minimum Gasteiger partial charge on any atom is -0.399 e. The highest BCUT2D eigenvalue weighted by Crippen LogP contribution is 2.25. The Morgan fingerprint density at radius 3 is 2.29 bits per heavy atom. The molecule has 21 heavy (non-hydrogen) atoms. The third kappa shape index (κ3) is 3.16. The molecule has 112 valence electrons. The molecular formula is C15H17FN2O2S. The molecule has 2 rings (SSSR count). The summed E-state index contributed by atoms with van der Waals surface area (Å²) < 4.78 is 39.7. The molecule has 0 amide bonds. The molecule has 6 heteroatoms. The van der Waals surface area contributed by atoms with Gasteiger partial charge in [-0.25, -0.2) is 12.8 Å². The van der Waals surface area contributed by atoms with E-state index < -0.39 is 15.8 Å². The fourth-order valence-corrected chi connectivity index (χ4v) is 3.76. The maximum atomic E-state index is 13.0. The smallest absolute Gasteiger partial charge is 0.264 e. The molecule has 0 fully saturated rings. The van der Waals surface area contributed by atoms with Crippen LogP contribution in [0.2, 0.25) is 0 Å². The molecule has 0 aliphatic rings. The number of benzene rings is 2. The summed E-state index contributed by atoms with van der Waals surface area (Å²) >= 11 is 0. The zero-order valence-electron chi connectivity index (χ0n) is 11.9. The maximum absolute atomic E-state index is 13.0. The topological polar surface area (TPSA) is 63.4 Å². The summed E-state index contributed by atoms with van der Waals surface area (Å²) in [5.74, 6) is -0.410. The molecule has 0 spiro atoms. The van der Waals surface area contributed by atoms with Crippen LogP contribution in [-0.4, -0.2) is 15.0 Å². The number of hydrogen-bond acceptors (Lipinski definition) is 3. The molecule has 0 atom stereocenters. The first kappa shape index (κ1) is 15.3. The van der Waals surface area contributed by atoms with Crippen molar-refractivity contribution in [2.75, 3.05) is 16.6 Å². The SMILES string of the molecule is CCN(c1ccc(F)cc1)S(=O)(=O)c1cc(C)cc(N)c1. The molecule has 0 saturated heterocycles. The predicted octanol–water partition coefficient (Wildman–Crippen LogP) is 2.93. The van der Waals surface area contributed by atoms with Gasteiger partial charge in [-0.15, -0.1) is 0 Å². The Hall–Kier alpha value is -2.08. The Labute approximate surface area is 124 Å². The maximum Gasteiger partial charge on any atom is 0.264 e. The fourth-order valence-electron chi connectivity index (χ4n) is 2.15. The van der Waals surface area contributed by atoms with Gasteiger partial charge in [0.25, 0.3) is 10.0 Å². The molecule has 0 bridgehead atoms. The van der Waals surface area contributed by atoms with E-state index in [1.807, 2.05) is 0 Å². The van der Waals surface area contributed by atoms with Crippen LogP contribution in [0.3, 0.4) is 0 Å². The number of rotatable bonds is 4. The normalized spacial score (nSPS) is 11.4. The molecule has 0 unspecified atom stereocenters. The van der Waals surface area contributed by atoms with Gasteiger partial charge < -0.3 is 5.73 Å². The van der Waals surface area contributed by atoms with Crippen molar-refractivity contribution in [2.45, 2.75) is 18.7 Å². The standard InChI is InChI=1S/C15H17FN2O2S/c1-3-18(14-6-4-12(16)5-7-14)21(19,20)15-9-11(2)8-13(17)10-15/h4-10H,3,17H2,1-2H3. The number of nitrogen functional groups attached to an aromatic ring is 1. The molecule has 2 N–H and O–H groups in total. The van der Waals surface area contributed by atoms with Crippen LogP contribution in [0, 0.1) is 12.7 Å². The van der Waals surface area contributed by atoms with Gasteiger partial charge in [0.2, 0.25) is 0 Å². The molecular weight excluding hydrogens is 291 g/mol. The lowest BCUT2D eigenvalue weighted by Crippen LogP contribution is -2.30. The van der Waals surface area contributed by atoms with Gasteiger partial charge >= 0.3 is 0 Å². The summed E-state index contributed by atoms with van der Waals surface area (Å²) in [6.45, 7) is 3.74. The number of nitrogens with zero attached hydrogens (tertiary/aromatic N) is 1. The van der Waals surface area contributed by atoms with Crippen molar-refractivity contribution < 1.29 is 12.8 Å². The predicted molar refractivity (Wildman–Crippen MR) is 82.2 cm³/mol. The van der Waals surface area contributed by atoms with Gasteiger partial charge in [-0.3, -0.25) is 4.31 Å². The van der Waals surface area contributed by atoms with E-state index in [9.17, 15) is 12.8 Å². The zero-order chi connectivity index (χ0) is 15.6. The molecule has 0 aromatic heterocycles. The monoisotopic (exact) mass is 308 g/mol. The summed E-state index contributed by atoms with van der Waals surface area (Å²) in [5, 5.41) is 0. The third-order valence-corrected chi connectivity index (χ3v) is 4.94. The first-order valence-electron chi connectivity index (χ1n) is 6.50. The molecule has 0 aliphatic heterocycles. The minimum atomic E-state index is -3.73. The van der Waals surface area contributed by atoms with E-state index in [1.54, 1.807) is 26.0 Å². The molecule has 0 radical (unpaired) electrons. The highest BCUT2D eigenvalue weighted by Gasteiger charge is 2.24. The van der Waals surface area contributed by atoms with Crippen LogP contribution < -0.4 is 10.0 Å². The first-order valence-corrected chi connectivity index (χ1v) is 7.94. The lowest BCUT2D eigenvalue weighted by atomic mass is 10.2. The lowest BCUT2D eigenvalue weighted by Gasteiger charge is -2.23. The summed E-state index contributed by atoms with van der Waals surface area (Å²) in [6, 6.07) is 10.0. The van der Waals surface area contributed by atoms with Crippen molar-refractivity contribution in [1.29, 1.82) is 0 Å². The molecule has 2 aromatic rings. The van der Waals surface area contributed by atoms with Crippen LogP contribution in [0.15, 0.2) is 47.4 Å². The fraction of sp³-hybridized carbons (Fsp3) is 0.200. The van der Waals surface area contributed by atoms with Crippen molar-refractivity contribution in [3.63, 3.8) is 0 Å². The van der Waals surface area contributed by atoms with Crippen LogP contribution in [0.25, 0.3) is 0 Å². The second-order valence-corrected chi connectivity index (χ2v) is 6.59. The van der Waals surface area contributed by atoms with Gasteiger partial charge in [0, 0.05) is 12.2 Å². The highest BCUT2D eigenvalue weighted by atomic mass is 32.2. The van der Waals surface area contributed by atoms with Crippen molar-refractivity contribution >= 4 is 21.4 Å². The molecule has 4 nitrogen and oxygen atoms in total. The Kier molecular flexibility index (Phi) is 4.18. The third-order valence-electron chi connectivity index (χ3n) is 3.06. The minimum absolute atomic E-state index is 0.131. The average Bonchev–Trinajstić information content (AvgIpc) is 2.40. The van der Waals surface area contributed by atoms with Gasteiger partial charge in [-0.1, -0.05) is 0 Å². The van der Waals surface area contributed by atoms with Crippen molar-refractivity contribution in [3.8, 4) is 0 Å². The van der Waals surface area contributed by atoms with E-state index in [2.05, 4.69) is 0 Å². The van der Waals surface area contributed by atoms with Crippen LogP contribution in [0.4, 0.5) is 15.8 Å². The van der Waals surface area contributed by atoms with Crippen molar-refractivity contribution in [3.05, 3.63) is 53.8 Å². The number of aryl methyl sites for hydroxylation is 1. The van der Waals surface area contributed by atoms with Crippen LogP contribution in [0.1, 0.15) is 12.5 Å². The van der Waals surface area contributed by atoms with E-state index in [-0.39, 0.29) is 11.4 Å². The van der Waals surface area contributed by atoms with Gasteiger partial charge in [0.05, 0.1) is 10.6 Å². The average molecular weight is 308 g/mol. The Balaban J connectivity index is 2.51. The summed E-state index contributed by atoms with van der Waals surface area (Å²) in [5.41, 5.74) is 7.30. The summed E-state index contributed by atoms with van der Waals surface area (Å²) in [6.07, 6.45) is 0. The number of halogens is 1. The van der Waals surface area contributed by atoms with Gasteiger partial charge in [-0.2, -0.15) is 0 Å². The second-order valence-electron chi connectivity index (χ2n) is 4.73. The molecule has 0 heterocycles. The Morgan fingerprint density at radius 2 is 1.76 bits per heavy atom. The number of nitrogens with two attached hydrogens (primary N) is 1. The van der Waals surface area contributed by atoms with Crippen molar-refractivity contribution in [1.82, 2.24) is 0 Å².